The highest BCUT2D eigenvalue weighted by Gasteiger charge is 2.21. The van der Waals surface area contributed by atoms with Gasteiger partial charge in [0.15, 0.2) is 5.82 Å². The van der Waals surface area contributed by atoms with Gasteiger partial charge in [-0.05, 0) is 32.2 Å². The molecule has 4 nitrogen and oxygen atoms in total. The van der Waals surface area contributed by atoms with Gasteiger partial charge in [-0.2, -0.15) is 5.10 Å². The third-order valence-electron chi connectivity index (χ3n) is 3.69. The Labute approximate surface area is 104 Å². The maximum Gasteiger partial charge on any atom is 0.154 e. The molecule has 0 radical (unpaired) electrons. The third-order valence-corrected chi connectivity index (χ3v) is 3.69. The van der Waals surface area contributed by atoms with E-state index >= 15 is 0 Å². The summed E-state index contributed by atoms with van der Waals surface area (Å²) >= 11 is 0. The largest absolute Gasteiger partial charge is 0.330 e. The van der Waals surface area contributed by atoms with Crippen molar-refractivity contribution >= 4 is 0 Å². The van der Waals surface area contributed by atoms with Gasteiger partial charge in [-0.1, -0.05) is 19.3 Å². The molecule has 0 atom stereocenters. The Bertz CT molecular complexity index is 339. The maximum atomic E-state index is 5.49. The highest BCUT2D eigenvalue weighted by molar-refractivity contribution is 5.01. The molecule has 1 aromatic rings. The number of aromatic nitrogens is 3. The molecule has 1 heterocycles. The van der Waals surface area contributed by atoms with Gasteiger partial charge in [0.05, 0.1) is 0 Å². The van der Waals surface area contributed by atoms with Crippen molar-refractivity contribution in [1.82, 2.24) is 14.8 Å². The lowest BCUT2D eigenvalue weighted by Crippen LogP contribution is -2.01. The van der Waals surface area contributed by atoms with Crippen LogP contribution in [0.15, 0.2) is 0 Å². The van der Waals surface area contributed by atoms with Gasteiger partial charge in [-0.25, -0.2) is 4.98 Å². The van der Waals surface area contributed by atoms with E-state index in [0.717, 1.165) is 31.0 Å². The molecule has 4 heteroatoms. The Morgan fingerprint density at radius 3 is 2.71 bits per heavy atom. The van der Waals surface area contributed by atoms with Gasteiger partial charge in [0.2, 0.25) is 0 Å². The fraction of sp³-hybridized carbons (Fsp3) is 0.846. The predicted molar refractivity (Wildman–Crippen MR) is 68.8 cm³/mol. The molecule has 96 valence electrons. The summed E-state index contributed by atoms with van der Waals surface area (Å²) in [5.74, 6) is 2.85. The van der Waals surface area contributed by atoms with Gasteiger partial charge >= 0.3 is 0 Å². The van der Waals surface area contributed by atoms with Crippen LogP contribution in [0.1, 0.15) is 62.5 Å². The fourth-order valence-corrected chi connectivity index (χ4v) is 2.62. The van der Waals surface area contributed by atoms with E-state index in [4.69, 9.17) is 10.7 Å². The Kier molecular flexibility index (Phi) is 4.54. The molecule has 1 aromatic heterocycles. The van der Waals surface area contributed by atoms with Gasteiger partial charge in [0.1, 0.15) is 5.82 Å². The minimum absolute atomic E-state index is 0.624. The molecule has 0 aliphatic heterocycles. The van der Waals surface area contributed by atoms with Gasteiger partial charge in [-0.3, -0.25) is 4.68 Å². The Morgan fingerprint density at radius 1 is 1.24 bits per heavy atom. The fourth-order valence-electron chi connectivity index (χ4n) is 2.62. The van der Waals surface area contributed by atoms with Crippen molar-refractivity contribution < 1.29 is 0 Å². The van der Waals surface area contributed by atoms with Crippen LogP contribution in [0.5, 0.6) is 0 Å². The number of nitrogens with two attached hydrogens (primary N) is 1. The minimum Gasteiger partial charge on any atom is -0.330 e. The average Bonchev–Trinajstić information content (AvgIpc) is 2.94. The minimum atomic E-state index is 0.624. The van der Waals surface area contributed by atoms with Crippen LogP contribution in [0.25, 0.3) is 0 Å². The zero-order valence-corrected chi connectivity index (χ0v) is 10.9. The predicted octanol–water partition coefficient (Wildman–Crippen LogP) is 2.14. The molecule has 1 aliphatic carbocycles. The lowest BCUT2D eigenvalue weighted by Gasteiger charge is -2.00. The van der Waals surface area contributed by atoms with Crippen molar-refractivity contribution in [3.8, 4) is 0 Å². The Hall–Kier alpha value is -0.900. The van der Waals surface area contributed by atoms with Crippen LogP contribution >= 0.6 is 0 Å². The summed E-state index contributed by atoms with van der Waals surface area (Å²) in [6.07, 6.45) is 9.76. The SMILES string of the molecule is Cn1nc(C2CCCC2)nc1CCCCCN. The molecule has 1 fully saturated rings. The second-order valence-corrected chi connectivity index (χ2v) is 5.09. The molecule has 1 aliphatic rings. The molecule has 0 spiro atoms. The van der Waals surface area contributed by atoms with Gasteiger partial charge in [-0.15, -0.1) is 0 Å². The van der Waals surface area contributed by atoms with E-state index in [1.165, 1.54) is 38.5 Å². The average molecular weight is 236 g/mol. The van der Waals surface area contributed by atoms with E-state index < -0.39 is 0 Å². The van der Waals surface area contributed by atoms with Crippen molar-refractivity contribution in [3.63, 3.8) is 0 Å². The van der Waals surface area contributed by atoms with Crippen LogP contribution < -0.4 is 5.73 Å². The summed E-state index contributed by atoms with van der Waals surface area (Å²) in [5, 5.41) is 4.57. The quantitative estimate of drug-likeness (QED) is 0.770. The lowest BCUT2D eigenvalue weighted by molar-refractivity contribution is 0.623. The van der Waals surface area contributed by atoms with Crippen LogP contribution in [0.4, 0.5) is 0 Å². The summed E-state index contributed by atoms with van der Waals surface area (Å²) in [6, 6.07) is 0. The van der Waals surface area contributed by atoms with Crippen molar-refractivity contribution in [1.29, 1.82) is 0 Å². The molecule has 2 N–H and O–H groups in total. The van der Waals surface area contributed by atoms with Gasteiger partial charge in [0, 0.05) is 19.4 Å². The van der Waals surface area contributed by atoms with Gasteiger partial charge < -0.3 is 5.73 Å². The maximum absolute atomic E-state index is 5.49. The van der Waals surface area contributed by atoms with E-state index in [-0.39, 0.29) is 0 Å². The first kappa shape index (κ1) is 12.6. The molecule has 0 bridgehead atoms. The number of hydrogen-bond donors (Lipinski definition) is 1. The Balaban J connectivity index is 1.89. The molecular weight excluding hydrogens is 212 g/mol. The summed E-state index contributed by atoms with van der Waals surface area (Å²) in [6.45, 7) is 0.798. The summed E-state index contributed by atoms with van der Waals surface area (Å²) in [4.78, 5) is 4.71. The van der Waals surface area contributed by atoms with Crippen LogP contribution in [-0.2, 0) is 13.5 Å². The highest BCUT2D eigenvalue weighted by atomic mass is 15.3. The lowest BCUT2D eigenvalue weighted by atomic mass is 10.1. The molecular formula is C13H24N4. The first-order valence-electron chi connectivity index (χ1n) is 6.91. The monoisotopic (exact) mass is 236 g/mol. The molecule has 0 amide bonds. The summed E-state index contributed by atoms with van der Waals surface area (Å²) in [5.41, 5.74) is 5.49. The summed E-state index contributed by atoms with van der Waals surface area (Å²) < 4.78 is 1.97. The molecule has 2 rings (SSSR count). The van der Waals surface area contributed by atoms with E-state index in [9.17, 15) is 0 Å². The number of nitrogens with zero attached hydrogens (tertiary/aromatic N) is 3. The number of aryl methyl sites for hydroxylation is 2. The molecule has 0 aromatic carbocycles. The zero-order chi connectivity index (χ0) is 12.1. The van der Waals surface area contributed by atoms with Crippen LogP contribution in [0, 0.1) is 0 Å². The highest BCUT2D eigenvalue weighted by Crippen LogP contribution is 2.32. The van der Waals surface area contributed by atoms with Gasteiger partial charge in [0.25, 0.3) is 0 Å². The number of rotatable bonds is 6. The van der Waals surface area contributed by atoms with Crippen molar-refractivity contribution in [2.24, 2.45) is 12.8 Å². The topological polar surface area (TPSA) is 56.7 Å². The van der Waals surface area contributed by atoms with E-state index in [2.05, 4.69) is 5.10 Å². The number of unbranched alkanes of at least 4 members (excludes halogenated alkanes) is 2. The standard InChI is InChI=1S/C13H24N4/c1-17-12(9-3-2-6-10-14)15-13(16-17)11-7-4-5-8-11/h11H,2-10,14H2,1H3. The first-order chi connectivity index (χ1) is 8.31. The normalized spacial score (nSPS) is 16.8. The van der Waals surface area contributed by atoms with Crippen molar-refractivity contribution in [2.45, 2.75) is 57.3 Å². The number of hydrogen-bond acceptors (Lipinski definition) is 3. The summed E-state index contributed by atoms with van der Waals surface area (Å²) in [7, 11) is 2.02. The zero-order valence-electron chi connectivity index (χ0n) is 10.9. The second kappa shape index (κ2) is 6.15. The molecule has 0 saturated heterocycles. The van der Waals surface area contributed by atoms with E-state index in [1.807, 2.05) is 11.7 Å². The second-order valence-electron chi connectivity index (χ2n) is 5.09. The first-order valence-corrected chi connectivity index (χ1v) is 6.91. The smallest absolute Gasteiger partial charge is 0.154 e. The molecule has 0 unspecified atom stereocenters. The van der Waals surface area contributed by atoms with E-state index in [1.54, 1.807) is 0 Å². The van der Waals surface area contributed by atoms with Crippen molar-refractivity contribution in [2.75, 3.05) is 6.54 Å². The Morgan fingerprint density at radius 2 is 2.00 bits per heavy atom. The molecule has 1 saturated carbocycles. The van der Waals surface area contributed by atoms with E-state index in [0.29, 0.717) is 5.92 Å². The van der Waals surface area contributed by atoms with Crippen LogP contribution in [0.3, 0.4) is 0 Å². The molecule has 17 heavy (non-hydrogen) atoms. The van der Waals surface area contributed by atoms with Crippen LogP contribution in [0.2, 0.25) is 0 Å². The van der Waals surface area contributed by atoms with Crippen molar-refractivity contribution in [3.05, 3.63) is 11.6 Å². The third kappa shape index (κ3) is 3.28. The van der Waals surface area contributed by atoms with Crippen LogP contribution in [-0.4, -0.2) is 21.3 Å².